The SMILES string of the molecule is C[C@@H](Oc1ccccc1C(F)(F)F)C(=O)NCc1ccncc1. The Morgan fingerprint density at radius 3 is 2.52 bits per heavy atom. The van der Waals surface area contributed by atoms with Gasteiger partial charge in [-0.3, -0.25) is 9.78 Å². The molecule has 4 nitrogen and oxygen atoms in total. The molecule has 2 aromatic rings. The molecule has 7 heteroatoms. The number of rotatable bonds is 5. The average Bonchev–Trinajstić information content (AvgIpc) is 2.53. The summed E-state index contributed by atoms with van der Waals surface area (Å²) in [6, 6.07) is 8.25. The Hall–Kier alpha value is -2.57. The van der Waals surface area contributed by atoms with Crippen LogP contribution in [0.15, 0.2) is 48.8 Å². The lowest BCUT2D eigenvalue weighted by Crippen LogP contribution is -2.36. The Labute approximate surface area is 131 Å². The Morgan fingerprint density at radius 1 is 1.22 bits per heavy atom. The number of aromatic nitrogens is 1. The van der Waals surface area contributed by atoms with Gasteiger partial charge in [-0.1, -0.05) is 12.1 Å². The van der Waals surface area contributed by atoms with Gasteiger partial charge in [0.15, 0.2) is 6.10 Å². The minimum atomic E-state index is -4.54. The number of benzene rings is 1. The maximum atomic E-state index is 12.9. The van der Waals surface area contributed by atoms with E-state index < -0.39 is 23.8 Å². The zero-order valence-electron chi connectivity index (χ0n) is 12.3. The normalized spacial score (nSPS) is 12.5. The number of amides is 1. The van der Waals surface area contributed by atoms with E-state index in [1.54, 1.807) is 24.5 Å². The average molecular weight is 324 g/mol. The first-order valence-corrected chi connectivity index (χ1v) is 6.87. The summed E-state index contributed by atoms with van der Waals surface area (Å²) in [7, 11) is 0. The van der Waals surface area contributed by atoms with Crippen molar-refractivity contribution in [2.24, 2.45) is 0 Å². The number of para-hydroxylation sites is 1. The summed E-state index contributed by atoms with van der Waals surface area (Å²) in [5.41, 5.74) is -0.0787. The van der Waals surface area contributed by atoms with Crippen LogP contribution in [-0.4, -0.2) is 17.0 Å². The number of nitrogens with one attached hydrogen (secondary N) is 1. The molecule has 0 bridgehead atoms. The molecule has 0 spiro atoms. The number of alkyl halides is 3. The fraction of sp³-hybridized carbons (Fsp3) is 0.250. The van der Waals surface area contributed by atoms with Crippen molar-refractivity contribution >= 4 is 5.91 Å². The fourth-order valence-electron chi connectivity index (χ4n) is 1.88. The molecular formula is C16H15F3N2O2. The summed E-state index contributed by atoms with van der Waals surface area (Å²) < 4.78 is 43.8. The number of carbonyl (C=O) groups is 1. The molecule has 0 saturated heterocycles. The maximum Gasteiger partial charge on any atom is 0.419 e. The number of hydrogen-bond acceptors (Lipinski definition) is 3. The van der Waals surface area contributed by atoms with Crippen LogP contribution in [0.2, 0.25) is 0 Å². The van der Waals surface area contributed by atoms with Crippen molar-refractivity contribution in [3.63, 3.8) is 0 Å². The van der Waals surface area contributed by atoms with Crippen molar-refractivity contribution in [2.45, 2.75) is 25.7 Å². The van der Waals surface area contributed by atoms with Gasteiger partial charge in [0.2, 0.25) is 0 Å². The van der Waals surface area contributed by atoms with E-state index in [1.807, 2.05) is 0 Å². The van der Waals surface area contributed by atoms with Crippen LogP contribution in [0.3, 0.4) is 0 Å². The third-order valence-electron chi connectivity index (χ3n) is 3.08. The van der Waals surface area contributed by atoms with Crippen molar-refractivity contribution in [1.29, 1.82) is 0 Å². The summed E-state index contributed by atoms with van der Waals surface area (Å²) in [6.45, 7) is 1.64. The Morgan fingerprint density at radius 2 is 1.87 bits per heavy atom. The topological polar surface area (TPSA) is 51.2 Å². The van der Waals surface area contributed by atoms with Crippen molar-refractivity contribution in [1.82, 2.24) is 10.3 Å². The lowest BCUT2D eigenvalue weighted by atomic mass is 10.2. The first-order valence-electron chi connectivity index (χ1n) is 6.87. The molecule has 1 aromatic heterocycles. The van der Waals surface area contributed by atoms with E-state index in [9.17, 15) is 18.0 Å². The van der Waals surface area contributed by atoms with Crippen LogP contribution in [0.5, 0.6) is 5.75 Å². The van der Waals surface area contributed by atoms with E-state index >= 15 is 0 Å². The quantitative estimate of drug-likeness (QED) is 0.919. The summed E-state index contributed by atoms with van der Waals surface area (Å²) in [6.07, 6.45) is -2.42. The molecule has 0 aliphatic rings. The molecule has 0 unspecified atom stereocenters. The van der Waals surface area contributed by atoms with Gasteiger partial charge in [0.25, 0.3) is 5.91 Å². The highest BCUT2D eigenvalue weighted by Crippen LogP contribution is 2.36. The second-order valence-electron chi connectivity index (χ2n) is 4.83. The standard InChI is InChI=1S/C16H15F3N2O2/c1-11(15(22)21-10-12-6-8-20-9-7-12)23-14-5-3-2-4-13(14)16(17,18)19/h2-9,11H,10H2,1H3,(H,21,22)/t11-/m1/s1. The van der Waals surface area contributed by atoms with Crippen LogP contribution >= 0.6 is 0 Å². The summed E-state index contributed by atoms with van der Waals surface area (Å²) in [5, 5.41) is 2.60. The van der Waals surface area contributed by atoms with Gasteiger partial charge in [-0.2, -0.15) is 13.2 Å². The molecule has 0 fully saturated rings. The second kappa shape index (κ2) is 7.13. The predicted octanol–water partition coefficient (Wildman–Crippen LogP) is 3.18. The zero-order chi connectivity index (χ0) is 16.9. The van der Waals surface area contributed by atoms with Gasteiger partial charge in [-0.25, -0.2) is 0 Å². The van der Waals surface area contributed by atoms with Crippen LogP contribution in [0, 0.1) is 0 Å². The molecule has 2 rings (SSSR count). The first-order chi connectivity index (χ1) is 10.9. The molecule has 1 N–H and O–H groups in total. The molecule has 1 heterocycles. The van der Waals surface area contributed by atoms with Gasteiger partial charge in [0.05, 0.1) is 5.56 Å². The van der Waals surface area contributed by atoms with Crippen LogP contribution in [0.4, 0.5) is 13.2 Å². The highest BCUT2D eigenvalue weighted by atomic mass is 19.4. The minimum absolute atomic E-state index is 0.246. The lowest BCUT2D eigenvalue weighted by molar-refractivity contribution is -0.140. The van der Waals surface area contributed by atoms with Gasteiger partial charge in [0.1, 0.15) is 5.75 Å². The summed E-state index contributed by atoms with van der Waals surface area (Å²) in [5.74, 6) is -0.870. The molecule has 122 valence electrons. The summed E-state index contributed by atoms with van der Waals surface area (Å²) in [4.78, 5) is 15.8. The Kier molecular flexibility index (Phi) is 5.20. The molecule has 0 aliphatic carbocycles. The van der Waals surface area contributed by atoms with E-state index in [1.165, 1.54) is 25.1 Å². The summed E-state index contributed by atoms with van der Waals surface area (Å²) >= 11 is 0. The monoisotopic (exact) mass is 324 g/mol. The number of nitrogens with zero attached hydrogens (tertiary/aromatic N) is 1. The van der Waals surface area contributed by atoms with Crippen LogP contribution < -0.4 is 10.1 Å². The van der Waals surface area contributed by atoms with Crippen molar-refractivity contribution in [2.75, 3.05) is 0 Å². The molecular weight excluding hydrogens is 309 g/mol. The third-order valence-corrected chi connectivity index (χ3v) is 3.08. The molecule has 1 aromatic carbocycles. The molecule has 23 heavy (non-hydrogen) atoms. The third kappa shape index (κ3) is 4.70. The largest absolute Gasteiger partial charge is 0.480 e. The Bertz CT molecular complexity index is 660. The van der Waals surface area contributed by atoms with Crippen molar-refractivity contribution in [3.05, 3.63) is 59.9 Å². The number of hydrogen-bond donors (Lipinski definition) is 1. The highest BCUT2D eigenvalue weighted by molar-refractivity contribution is 5.80. The van der Waals surface area contributed by atoms with E-state index in [-0.39, 0.29) is 12.3 Å². The first kappa shape index (κ1) is 16.8. The second-order valence-corrected chi connectivity index (χ2v) is 4.83. The molecule has 1 atom stereocenters. The fourth-order valence-corrected chi connectivity index (χ4v) is 1.88. The van der Waals surface area contributed by atoms with E-state index in [0.717, 1.165) is 11.6 Å². The minimum Gasteiger partial charge on any atom is -0.480 e. The van der Waals surface area contributed by atoms with E-state index in [2.05, 4.69) is 10.3 Å². The molecule has 1 amide bonds. The van der Waals surface area contributed by atoms with Crippen molar-refractivity contribution < 1.29 is 22.7 Å². The van der Waals surface area contributed by atoms with Gasteiger partial charge >= 0.3 is 6.18 Å². The molecule has 0 radical (unpaired) electrons. The molecule has 0 aliphatic heterocycles. The van der Waals surface area contributed by atoms with Gasteiger partial charge in [0, 0.05) is 18.9 Å². The number of carbonyl (C=O) groups excluding carboxylic acids is 1. The Balaban J connectivity index is 1.99. The van der Waals surface area contributed by atoms with Gasteiger partial charge in [-0.15, -0.1) is 0 Å². The van der Waals surface area contributed by atoms with Crippen LogP contribution in [-0.2, 0) is 17.5 Å². The van der Waals surface area contributed by atoms with Gasteiger partial charge < -0.3 is 10.1 Å². The van der Waals surface area contributed by atoms with E-state index in [4.69, 9.17) is 4.74 Å². The molecule has 0 saturated carbocycles. The highest BCUT2D eigenvalue weighted by Gasteiger charge is 2.34. The smallest absolute Gasteiger partial charge is 0.419 e. The number of ether oxygens (including phenoxy) is 1. The zero-order valence-corrected chi connectivity index (χ0v) is 12.3. The predicted molar refractivity (Wildman–Crippen MR) is 77.6 cm³/mol. The maximum absolute atomic E-state index is 12.9. The number of pyridine rings is 1. The van der Waals surface area contributed by atoms with Crippen LogP contribution in [0.25, 0.3) is 0 Å². The van der Waals surface area contributed by atoms with Crippen LogP contribution in [0.1, 0.15) is 18.1 Å². The van der Waals surface area contributed by atoms with E-state index in [0.29, 0.717) is 0 Å². The van der Waals surface area contributed by atoms with Crippen molar-refractivity contribution in [3.8, 4) is 5.75 Å². The lowest BCUT2D eigenvalue weighted by Gasteiger charge is -2.18. The van der Waals surface area contributed by atoms with Gasteiger partial charge in [-0.05, 0) is 36.8 Å². The number of halogens is 3.